The highest BCUT2D eigenvalue weighted by molar-refractivity contribution is 5.63. The van der Waals surface area contributed by atoms with Gasteiger partial charge in [0.2, 0.25) is 5.69 Å². The van der Waals surface area contributed by atoms with Crippen LogP contribution in [0.5, 0.6) is 0 Å². The number of aryl methyl sites for hydroxylation is 3. The van der Waals surface area contributed by atoms with Gasteiger partial charge >= 0.3 is 0 Å². The van der Waals surface area contributed by atoms with Crippen LogP contribution in [0.4, 0.5) is 0 Å². The van der Waals surface area contributed by atoms with E-state index in [1.165, 1.54) is 0 Å². The topological polar surface area (TPSA) is 8.81 Å². The van der Waals surface area contributed by atoms with Gasteiger partial charge in [0.1, 0.15) is 5.69 Å². The monoisotopic (exact) mass is 365 g/mol. The van der Waals surface area contributed by atoms with Crippen molar-refractivity contribution in [2.24, 2.45) is 7.05 Å². The predicted molar refractivity (Wildman–Crippen MR) is 113 cm³/mol. The highest BCUT2D eigenvalue weighted by Gasteiger charge is 2.50. The van der Waals surface area contributed by atoms with Gasteiger partial charge in [-0.3, -0.25) is 0 Å². The van der Waals surface area contributed by atoms with Crippen LogP contribution in [0.3, 0.4) is 0 Å². The Hall–Kier alpha value is -2.35. The van der Waals surface area contributed by atoms with Gasteiger partial charge in [0.15, 0.2) is 7.05 Å². The molecule has 0 saturated carbocycles. The zero-order valence-electron chi connectivity index (χ0n) is 22.9. The average Bonchev–Trinajstić information content (AvgIpc) is 3.01. The normalized spacial score (nSPS) is 24.5. The third-order valence-electron chi connectivity index (χ3n) is 6.41. The molecular weight excluding hydrogens is 328 g/mol. The lowest BCUT2D eigenvalue weighted by molar-refractivity contribution is -0.735. The number of hydrogen-bond donors (Lipinski definition) is 0. The molecule has 1 aliphatic heterocycles. The van der Waals surface area contributed by atoms with E-state index in [1.54, 1.807) is 12.1 Å². The highest BCUT2D eigenvalue weighted by Crippen LogP contribution is 2.50. The molecule has 0 aliphatic carbocycles. The molecule has 2 aromatic carbocycles. The summed E-state index contributed by atoms with van der Waals surface area (Å²) in [6.45, 7) is 5.26. The second kappa shape index (κ2) is 5.58. The number of nitrogens with zero attached hydrogens (tertiary/aromatic N) is 2. The van der Waals surface area contributed by atoms with Crippen LogP contribution >= 0.6 is 0 Å². The number of aromatic nitrogens is 2. The second-order valence-corrected chi connectivity index (χ2v) is 8.56. The third-order valence-corrected chi connectivity index (χ3v) is 6.41. The van der Waals surface area contributed by atoms with Gasteiger partial charge in [-0.15, -0.1) is 9.36 Å². The van der Waals surface area contributed by atoms with Gasteiger partial charge in [0.25, 0.3) is 0 Å². The van der Waals surface area contributed by atoms with Crippen LogP contribution in [0.2, 0.25) is 0 Å². The maximum Gasteiger partial charge on any atom is 0.239 e. The van der Waals surface area contributed by atoms with Crippen molar-refractivity contribution >= 4 is 0 Å². The van der Waals surface area contributed by atoms with E-state index in [2.05, 4.69) is 0 Å². The molecule has 3 aromatic rings. The number of benzene rings is 2. The van der Waals surface area contributed by atoms with Crippen LogP contribution in [-0.4, -0.2) is 4.68 Å². The second-order valence-electron chi connectivity index (χ2n) is 8.56. The molecule has 0 fully saturated rings. The van der Waals surface area contributed by atoms with E-state index in [-0.39, 0.29) is 5.56 Å². The van der Waals surface area contributed by atoms with Crippen molar-refractivity contribution in [2.45, 2.75) is 59.2 Å². The molecule has 2 heterocycles. The van der Waals surface area contributed by atoms with E-state index >= 15 is 0 Å². The Kier molecular flexibility index (Phi) is 2.51. The van der Waals surface area contributed by atoms with Crippen molar-refractivity contribution in [3.63, 3.8) is 0 Å². The minimum absolute atomic E-state index is 0.275. The summed E-state index contributed by atoms with van der Waals surface area (Å²) in [4.78, 5) is 0. The van der Waals surface area contributed by atoms with Gasteiger partial charge < -0.3 is 0 Å². The first-order chi connectivity index (χ1) is 15.0. The van der Waals surface area contributed by atoms with Crippen LogP contribution in [0.15, 0.2) is 42.5 Å². The lowest BCUT2D eigenvalue weighted by atomic mass is 9.60. The molecule has 1 aliphatic rings. The summed E-state index contributed by atoms with van der Waals surface area (Å²) in [6.07, 6.45) is 0. The van der Waals surface area contributed by atoms with Crippen molar-refractivity contribution < 1.29 is 12.9 Å². The highest BCUT2D eigenvalue weighted by atomic mass is 15.4. The van der Waals surface area contributed by atoms with Crippen molar-refractivity contribution in [2.75, 3.05) is 0 Å². The summed E-state index contributed by atoms with van der Waals surface area (Å²) >= 11 is 0. The summed E-state index contributed by atoms with van der Waals surface area (Å²) in [5.41, 5.74) is 4.53. The zero-order valence-corrected chi connectivity index (χ0v) is 16.9. The molecule has 4 rings (SSSR count). The molecule has 0 amide bonds. The molecule has 2 heteroatoms. The lowest BCUT2D eigenvalue weighted by Gasteiger charge is -2.46. The Balaban J connectivity index is 2.13. The molecule has 1 unspecified atom stereocenters. The Morgan fingerprint density at radius 1 is 0.963 bits per heavy atom. The van der Waals surface area contributed by atoms with Crippen LogP contribution in [-0.2, 0) is 17.9 Å². The SMILES string of the molecule is [2H]C([2H])([2H])c1cc(C)cc(-c2cc3n([n+]2C)-c2c(C)cccc2C(C)(C)C3(C)C([2H])([2H])[2H])c1. The zero-order chi connectivity index (χ0) is 24.7. The first-order valence-electron chi connectivity index (χ1n) is 12.4. The molecule has 0 radical (unpaired) electrons. The Morgan fingerprint density at radius 2 is 1.70 bits per heavy atom. The quantitative estimate of drug-likeness (QED) is 0.506. The van der Waals surface area contributed by atoms with E-state index in [9.17, 15) is 0 Å². The Bertz CT molecular complexity index is 1260. The van der Waals surface area contributed by atoms with Crippen molar-refractivity contribution in [1.82, 2.24) is 4.68 Å². The molecule has 0 bridgehead atoms. The molecule has 1 atom stereocenters. The van der Waals surface area contributed by atoms with Crippen molar-refractivity contribution in [1.29, 1.82) is 0 Å². The fraction of sp³-hybridized carbons (Fsp3) is 0.400. The van der Waals surface area contributed by atoms with Gasteiger partial charge in [-0.1, -0.05) is 63.0 Å². The van der Waals surface area contributed by atoms with Gasteiger partial charge in [-0.05, 0) is 44.0 Å². The van der Waals surface area contributed by atoms with E-state index in [1.807, 2.05) is 81.4 Å². The van der Waals surface area contributed by atoms with Crippen LogP contribution in [0, 0.1) is 20.7 Å². The van der Waals surface area contributed by atoms with E-state index in [4.69, 9.17) is 8.22 Å². The molecule has 27 heavy (non-hydrogen) atoms. The van der Waals surface area contributed by atoms with Crippen LogP contribution < -0.4 is 4.68 Å². The Labute approximate surface area is 171 Å². The van der Waals surface area contributed by atoms with Crippen LogP contribution in [0.1, 0.15) is 63.8 Å². The molecule has 0 N–H and O–H groups in total. The van der Waals surface area contributed by atoms with Gasteiger partial charge in [0, 0.05) is 30.7 Å². The minimum Gasteiger partial charge on any atom is -0.124 e. The smallest absolute Gasteiger partial charge is 0.124 e. The average molecular weight is 366 g/mol. The summed E-state index contributed by atoms with van der Waals surface area (Å²) in [5.74, 6) is 0. The number of hydrogen-bond acceptors (Lipinski definition) is 0. The number of para-hydroxylation sites is 1. The van der Waals surface area contributed by atoms with Crippen molar-refractivity contribution in [3.8, 4) is 16.9 Å². The van der Waals surface area contributed by atoms with Gasteiger partial charge in [-0.25, -0.2) is 0 Å². The maximum atomic E-state index is 8.58. The summed E-state index contributed by atoms with van der Waals surface area (Å²) in [6, 6.07) is 13.3. The van der Waals surface area contributed by atoms with Gasteiger partial charge in [-0.2, -0.15) is 0 Å². The summed E-state index contributed by atoms with van der Waals surface area (Å²) < 4.78 is 53.3. The first kappa shape index (κ1) is 12.2. The number of fused-ring (bicyclic) bond motifs is 3. The number of rotatable bonds is 1. The summed E-state index contributed by atoms with van der Waals surface area (Å²) in [7, 11) is 1.91. The molecule has 0 spiro atoms. The predicted octanol–water partition coefficient (Wildman–Crippen LogP) is 5.46. The maximum absolute atomic E-state index is 8.58. The fourth-order valence-corrected chi connectivity index (χ4v) is 4.42. The third kappa shape index (κ3) is 2.35. The fourth-order valence-electron chi connectivity index (χ4n) is 4.42. The molecule has 0 saturated heterocycles. The van der Waals surface area contributed by atoms with E-state index < -0.39 is 24.5 Å². The van der Waals surface area contributed by atoms with Crippen molar-refractivity contribution in [3.05, 3.63) is 70.4 Å². The molecule has 1 aromatic heterocycles. The standard InChI is InChI=1S/C25H31N2/c1-16-12-17(2)14-19(13-16)21-15-22-25(6,7)24(4,5)20-11-9-10-18(3)23(20)27(22)26(21)8/h9-15H,1-8H3/q+1/i1D3,6D3. The molecular formula is C25H31N2+. The van der Waals surface area contributed by atoms with E-state index in [0.29, 0.717) is 5.69 Å². The largest absolute Gasteiger partial charge is 0.239 e. The summed E-state index contributed by atoms with van der Waals surface area (Å²) in [5, 5.41) is 0. The molecule has 2 nitrogen and oxygen atoms in total. The van der Waals surface area contributed by atoms with Gasteiger partial charge in [0.05, 0.1) is 5.69 Å². The Morgan fingerprint density at radius 3 is 2.41 bits per heavy atom. The van der Waals surface area contributed by atoms with Crippen LogP contribution in [0.25, 0.3) is 16.9 Å². The minimum atomic E-state index is -2.27. The van der Waals surface area contributed by atoms with E-state index in [0.717, 1.165) is 33.6 Å². The lowest BCUT2D eigenvalue weighted by Crippen LogP contribution is -2.51. The molecule has 140 valence electrons. The first-order valence-corrected chi connectivity index (χ1v) is 9.37.